The lowest BCUT2D eigenvalue weighted by atomic mass is 10.1. The standard InChI is InChI=1S/C25H20ClN3OS/c26-20-14-12-18(13-15-20)22-6-3-7-24(28-22)31-16-17-8-10-19(11-9-17)25(30)29-23-5-2-1-4-21(23)27/h1-15H,16,27H2,(H,29,30). The van der Waals surface area contributed by atoms with Crippen LogP contribution in [0.2, 0.25) is 5.02 Å². The van der Waals surface area contributed by atoms with Gasteiger partial charge in [0.1, 0.15) is 0 Å². The fraction of sp³-hybridized carbons (Fsp3) is 0.0400. The molecule has 0 spiro atoms. The molecule has 0 saturated heterocycles. The van der Waals surface area contributed by atoms with E-state index in [0.29, 0.717) is 22.0 Å². The Balaban J connectivity index is 1.38. The number of nitrogens with zero attached hydrogens (tertiary/aromatic N) is 1. The highest BCUT2D eigenvalue weighted by Gasteiger charge is 2.08. The number of nitrogens with two attached hydrogens (primary N) is 1. The van der Waals surface area contributed by atoms with Gasteiger partial charge in [0.2, 0.25) is 0 Å². The van der Waals surface area contributed by atoms with Crippen LogP contribution in [0.5, 0.6) is 0 Å². The maximum atomic E-state index is 12.5. The molecule has 0 radical (unpaired) electrons. The third-order valence-corrected chi connectivity index (χ3v) is 5.93. The Kier molecular flexibility index (Phi) is 6.55. The summed E-state index contributed by atoms with van der Waals surface area (Å²) in [6.07, 6.45) is 0. The molecule has 3 aromatic carbocycles. The number of benzene rings is 3. The summed E-state index contributed by atoms with van der Waals surface area (Å²) in [5.41, 5.74) is 10.7. The summed E-state index contributed by atoms with van der Waals surface area (Å²) >= 11 is 7.62. The van der Waals surface area contributed by atoms with Gasteiger partial charge in [0.25, 0.3) is 5.91 Å². The molecule has 0 fully saturated rings. The molecule has 6 heteroatoms. The van der Waals surface area contributed by atoms with Crippen LogP contribution in [-0.2, 0) is 5.75 Å². The first-order valence-electron chi connectivity index (χ1n) is 9.69. The molecule has 1 aromatic heterocycles. The fourth-order valence-electron chi connectivity index (χ4n) is 2.99. The number of pyridine rings is 1. The van der Waals surface area contributed by atoms with Crippen molar-refractivity contribution in [1.82, 2.24) is 4.98 Å². The lowest BCUT2D eigenvalue weighted by molar-refractivity contribution is 0.102. The molecule has 154 valence electrons. The number of carbonyl (C=O) groups excluding carboxylic acids is 1. The van der Waals surface area contributed by atoms with Crippen LogP contribution in [0.15, 0.2) is 96.0 Å². The molecule has 31 heavy (non-hydrogen) atoms. The number of thioether (sulfide) groups is 1. The van der Waals surface area contributed by atoms with E-state index in [1.54, 1.807) is 23.9 Å². The number of aromatic nitrogens is 1. The Hall–Kier alpha value is -3.28. The van der Waals surface area contributed by atoms with Crippen LogP contribution in [0.4, 0.5) is 11.4 Å². The second-order valence-corrected chi connectivity index (χ2v) is 8.33. The van der Waals surface area contributed by atoms with Crippen LogP contribution < -0.4 is 11.1 Å². The number of halogens is 1. The highest BCUT2D eigenvalue weighted by atomic mass is 35.5. The Morgan fingerprint density at radius 3 is 2.39 bits per heavy atom. The molecular formula is C25H20ClN3OS. The number of para-hydroxylation sites is 2. The quantitative estimate of drug-likeness (QED) is 0.261. The average molecular weight is 446 g/mol. The van der Waals surface area contributed by atoms with Gasteiger partial charge in [0.15, 0.2) is 0 Å². The van der Waals surface area contributed by atoms with Gasteiger partial charge in [-0.3, -0.25) is 4.79 Å². The largest absolute Gasteiger partial charge is 0.397 e. The van der Waals surface area contributed by atoms with Gasteiger partial charge in [0, 0.05) is 21.9 Å². The monoisotopic (exact) mass is 445 g/mol. The van der Waals surface area contributed by atoms with Crippen molar-refractivity contribution in [2.45, 2.75) is 10.8 Å². The van der Waals surface area contributed by atoms with Gasteiger partial charge in [-0.1, -0.05) is 54.1 Å². The molecule has 0 aliphatic heterocycles. The van der Waals surface area contributed by atoms with E-state index in [0.717, 1.165) is 27.6 Å². The van der Waals surface area contributed by atoms with E-state index >= 15 is 0 Å². The topological polar surface area (TPSA) is 68.0 Å². The molecule has 0 aliphatic rings. The smallest absolute Gasteiger partial charge is 0.255 e. The van der Waals surface area contributed by atoms with E-state index in [9.17, 15) is 4.79 Å². The van der Waals surface area contributed by atoms with Crippen LogP contribution in [0.25, 0.3) is 11.3 Å². The van der Waals surface area contributed by atoms with E-state index < -0.39 is 0 Å². The summed E-state index contributed by atoms with van der Waals surface area (Å²) < 4.78 is 0. The average Bonchev–Trinajstić information content (AvgIpc) is 2.80. The van der Waals surface area contributed by atoms with Crippen LogP contribution in [0.1, 0.15) is 15.9 Å². The number of anilines is 2. The molecule has 0 aliphatic carbocycles. The highest BCUT2D eigenvalue weighted by molar-refractivity contribution is 7.98. The summed E-state index contributed by atoms with van der Waals surface area (Å²) in [6.45, 7) is 0. The number of nitrogen functional groups attached to an aromatic ring is 1. The Labute approximate surface area is 190 Å². The zero-order valence-electron chi connectivity index (χ0n) is 16.6. The summed E-state index contributed by atoms with van der Waals surface area (Å²) in [6, 6.07) is 28.4. The van der Waals surface area contributed by atoms with Crippen LogP contribution in [0, 0.1) is 0 Å². The van der Waals surface area contributed by atoms with Crippen molar-refractivity contribution >= 4 is 40.6 Å². The van der Waals surface area contributed by atoms with Crippen molar-refractivity contribution in [3.63, 3.8) is 0 Å². The van der Waals surface area contributed by atoms with Crippen molar-refractivity contribution < 1.29 is 4.79 Å². The highest BCUT2D eigenvalue weighted by Crippen LogP contribution is 2.26. The number of hydrogen-bond acceptors (Lipinski definition) is 4. The van der Waals surface area contributed by atoms with Crippen molar-refractivity contribution in [3.8, 4) is 11.3 Å². The third kappa shape index (κ3) is 5.45. The molecule has 0 unspecified atom stereocenters. The van der Waals surface area contributed by atoms with E-state index in [2.05, 4.69) is 5.32 Å². The number of nitrogens with one attached hydrogen (secondary N) is 1. The normalized spacial score (nSPS) is 10.6. The fourth-order valence-corrected chi connectivity index (χ4v) is 3.96. The van der Waals surface area contributed by atoms with Crippen molar-refractivity contribution in [2.75, 3.05) is 11.1 Å². The molecule has 3 N–H and O–H groups in total. The van der Waals surface area contributed by atoms with Crippen LogP contribution in [-0.4, -0.2) is 10.9 Å². The number of hydrogen-bond donors (Lipinski definition) is 2. The second kappa shape index (κ2) is 9.69. The predicted octanol–water partition coefficient (Wildman–Crippen LogP) is 6.53. The minimum absolute atomic E-state index is 0.186. The maximum absolute atomic E-state index is 12.5. The van der Waals surface area contributed by atoms with Gasteiger partial charge in [-0.25, -0.2) is 4.98 Å². The molecule has 1 heterocycles. The zero-order chi connectivity index (χ0) is 21.6. The SMILES string of the molecule is Nc1ccccc1NC(=O)c1ccc(CSc2cccc(-c3ccc(Cl)cc3)n2)cc1. The van der Waals surface area contributed by atoms with Crippen LogP contribution in [0.3, 0.4) is 0 Å². The van der Waals surface area contributed by atoms with Gasteiger partial charge in [-0.2, -0.15) is 0 Å². The Morgan fingerprint density at radius 2 is 1.65 bits per heavy atom. The number of amides is 1. The first-order valence-corrected chi connectivity index (χ1v) is 11.1. The molecule has 4 rings (SSSR count). The van der Waals surface area contributed by atoms with Gasteiger partial charge < -0.3 is 11.1 Å². The summed E-state index contributed by atoms with van der Waals surface area (Å²) in [7, 11) is 0. The first-order chi connectivity index (χ1) is 15.1. The molecule has 0 bridgehead atoms. The molecule has 1 amide bonds. The molecule has 0 saturated carbocycles. The molecule has 0 atom stereocenters. The second-order valence-electron chi connectivity index (χ2n) is 6.89. The minimum Gasteiger partial charge on any atom is -0.397 e. The summed E-state index contributed by atoms with van der Waals surface area (Å²) in [5.74, 6) is 0.569. The Bertz CT molecular complexity index is 1190. The van der Waals surface area contributed by atoms with Gasteiger partial charge >= 0.3 is 0 Å². The van der Waals surface area contributed by atoms with Crippen molar-refractivity contribution in [1.29, 1.82) is 0 Å². The van der Waals surface area contributed by atoms with Gasteiger partial charge in [-0.15, -0.1) is 11.8 Å². The van der Waals surface area contributed by atoms with Crippen molar-refractivity contribution in [2.24, 2.45) is 0 Å². The van der Waals surface area contributed by atoms with E-state index in [1.165, 1.54) is 0 Å². The number of rotatable bonds is 6. The zero-order valence-corrected chi connectivity index (χ0v) is 18.2. The predicted molar refractivity (Wildman–Crippen MR) is 129 cm³/mol. The lowest BCUT2D eigenvalue weighted by Crippen LogP contribution is -2.13. The third-order valence-electron chi connectivity index (χ3n) is 4.68. The van der Waals surface area contributed by atoms with E-state index in [4.69, 9.17) is 22.3 Å². The molecule has 4 nitrogen and oxygen atoms in total. The Morgan fingerprint density at radius 1 is 0.903 bits per heavy atom. The number of carbonyl (C=O) groups is 1. The van der Waals surface area contributed by atoms with Crippen LogP contribution >= 0.6 is 23.4 Å². The van der Waals surface area contributed by atoms with Gasteiger partial charge in [-0.05, 0) is 54.1 Å². The minimum atomic E-state index is -0.186. The summed E-state index contributed by atoms with van der Waals surface area (Å²) in [5, 5.41) is 4.49. The summed E-state index contributed by atoms with van der Waals surface area (Å²) in [4.78, 5) is 17.2. The van der Waals surface area contributed by atoms with Crippen molar-refractivity contribution in [3.05, 3.63) is 107 Å². The molecular weight excluding hydrogens is 426 g/mol. The molecule has 4 aromatic rings. The lowest BCUT2D eigenvalue weighted by Gasteiger charge is -2.09. The van der Waals surface area contributed by atoms with Gasteiger partial charge in [0.05, 0.1) is 22.1 Å². The first kappa shape index (κ1) is 21.0. The van der Waals surface area contributed by atoms with E-state index in [-0.39, 0.29) is 5.91 Å². The maximum Gasteiger partial charge on any atom is 0.255 e. The van der Waals surface area contributed by atoms with E-state index in [1.807, 2.05) is 78.9 Å².